The number of aromatic hydroxyl groups is 1. The number of phenols is 1. The molecule has 1 aromatic carbocycles. The van der Waals surface area contributed by atoms with Gasteiger partial charge in [-0.3, -0.25) is 0 Å². The molecule has 1 N–H and O–H groups in total. The highest BCUT2D eigenvalue weighted by Gasteiger charge is 1.91. The van der Waals surface area contributed by atoms with Crippen LogP contribution in [-0.2, 0) is 0 Å². The largest absolute Gasteiger partial charge is 0.508 e. The van der Waals surface area contributed by atoms with Crippen molar-refractivity contribution in [3.63, 3.8) is 0 Å². The Hall–Kier alpha value is -4.94. The summed E-state index contributed by atoms with van der Waals surface area (Å²) < 4.78 is 0. The van der Waals surface area contributed by atoms with Gasteiger partial charge in [0.1, 0.15) is 5.75 Å². The van der Waals surface area contributed by atoms with E-state index in [0.29, 0.717) is 5.75 Å². The Balaban J connectivity index is -0.0000000182. The third kappa shape index (κ3) is 14.4. The Kier molecular flexibility index (Phi) is 13.0. The van der Waals surface area contributed by atoms with Crippen LogP contribution in [0.15, 0.2) is 18.2 Å². The molecule has 0 saturated carbocycles. The van der Waals surface area contributed by atoms with Crippen LogP contribution in [0.4, 0.5) is 0 Å². The van der Waals surface area contributed by atoms with Crippen LogP contribution in [0.1, 0.15) is 32.5 Å². The van der Waals surface area contributed by atoms with Crippen molar-refractivity contribution < 1.29 is 26.5 Å². The van der Waals surface area contributed by atoms with E-state index in [9.17, 15) is 0 Å². The molecule has 0 bridgehead atoms. The quantitative estimate of drug-likeness (QED) is 0.557. The van der Waals surface area contributed by atoms with Gasteiger partial charge in [-0.05, 0) is 120 Å². The molecular weight excluding hydrogens is 328 g/mol. The second kappa shape index (κ2) is 15.9. The molecule has 0 aliphatic carbocycles. The summed E-state index contributed by atoms with van der Waals surface area (Å²) in [6.45, 7) is 3.90. The Labute approximate surface area is 184 Å². The van der Waals surface area contributed by atoms with Crippen molar-refractivity contribution in [2.75, 3.05) is 0 Å². The van der Waals surface area contributed by atoms with Crippen LogP contribution in [0.25, 0.3) is 0 Å². The van der Waals surface area contributed by atoms with Crippen LogP contribution >= 0.6 is 0 Å². The maximum absolute atomic E-state index is 9.04. The Morgan fingerprint density at radius 2 is 0.963 bits per heavy atom. The van der Waals surface area contributed by atoms with Crippen molar-refractivity contribution >= 4 is 0 Å². The fraction of sp³-hybridized carbons (Fsp3) is 0.0769. The van der Waals surface area contributed by atoms with Crippen LogP contribution in [-0.4, -0.2) is 5.11 Å². The number of phenolic OH excluding ortho intramolecular Hbond substituents is 1. The summed E-state index contributed by atoms with van der Waals surface area (Å²) >= 11 is 0. The summed E-state index contributed by atoms with van der Waals surface area (Å²) in [5.41, 5.74) is 2.13. The standard InChI is InChI=1S/C18H2.C8H10O.15H2/c1-3-5-7-9-11-13-15-17-18-16-14-12-10-8-6-4-2;1-6-3-4-8(9)7(2)5-6;;;;;;;;;;;;;;;/h1-2H;3-5,9H,1-2H3;15*1H. The van der Waals surface area contributed by atoms with Gasteiger partial charge in [0.15, 0.2) is 0 Å². The van der Waals surface area contributed by atoms with Gasteiger partial charge in [0.2, 0.25) is 0 Å². The number of aryl methyl sites for hydroxylation is 2. The first-order valence-electron chi connectivity index (χ1n) is 7.29. The number of hydrogen-bond donors (Lipinski definition) is 1. The lowest BCUT2D eigenvalue weighted by Crippen LogP contribution is -1.75. The molecule has 0 atom stereocenters. The van der Waals surface area contributed by atoms with E-state index < -0.39 is 0 Å². The van der Waals surface area contributed by atoms with Crippen LogP contribution in [0, 0.1) is 121 Å². The molecule has 0 radical (unpaired) electrons. The highest BCUT2D eigenvalue weighted by atomic mass is 16.3. The maximum atomic E-state index is 9.04. The minimum absolute atomic E-state index is 0. The molecule has 0 saturated heterocycles. The highest BCUT2D eigenvalue weighted by molar-refractivity contribution is 5.46. The van der Waals surface area contributed by atoms with E-state index in [1.165, 1.54) is 5.56 Å². The molecule has 27 heavy (non-hydrogen) atoms. The second-order valence-electron chi connectivity index (χ2n) is 4.33. The molecule has 1 aromatic rings. The van der Waals surface area contributed by atoms with Crippen LogP contribution in [0.3, 0.4) is 0 Å². The van der Waals surface area contributed by atoms with Crippen LogP contribution < -0.4 is 0 Å². The molecule has 0 fully saturated rings. The molecule has 0 amide bonds. The van der Waals surface area contributed by atoms with E-state index in [1.807, 2.05) is 26.0 Å². The van der Waals surface area contributed by atoms with E-state index >= 15 is 0 Å². The number of rotatable bonds is 0. The molecule has 0 unspecified atom stereocenters. The Morgan fingerprint density at radius 1 is 0.630 bits per heavy atom. The number of hydrogen-bond acceptors (Lipinski definition) is 1. The first-order valence-corrected chi connectivity index (χ1v) is 7.29. The Bertz CT molecular complexity index is 1160. The van der Waals surface area contributed by atoms with Crippen LogP contribution in [0.5, 0.6) is 5.75 Å². The summed E-state index contributed by atoms with van der Waals surface area (Å²) in [5.74, 6) is 38.6. The summed E-state index contributed by atoms with van der Waals surface area (Å²) in [5, 5.41) is 9.04. The summed E-state index contributed by atoms with van der Waals surface area (Å²) in [4.78, 5) is 0. The lowest BCUT2D eigenvalue weighted by molar-refractivity contribution is 0.471. The van der Waals surface area contributed by atoms with E-state index in [2.05, 4.69) is 94.7 Å². The summed E-state index contributed by atoms with van der Waals surface area (Å²) in [6.07, 6.45) is 9.76. The molecule has 1 rings (SSSR count). The molecule has 0 aliphatic rings. The van der Waals surface area contributed by atoms with Crippen molar-refractivity contribution in [1.82, 2.24) is 0 Å². The van der Waals surface area contributed by atoms with Gasteiger partial charge in [0.25, 0.3) is 0 Å². The zero-order valence-electron chi connectivity index (χ0n) is 14.8. The molecule has 0 aromatic heterocycles. The fourth-order valence-electron chi connectivity index (χ4n) is 1.25. The van der Waals surface area contributed by atoms with Crippen LogP contribution in [0.2, 0.25) is 0 Å². The SMILES string of the molecule is C#CC#CC#CC#CC#CC#CC#CC#CC#C.Cc1ccc(O)c(C)c1.[HH].[HH].[HH].[HH].[HH].[HH].[HH].[HH].[HH].[HH].[HH].[HH].[HH].[HH].[HH]. The van der Waals surface area contributed by atoms with Gasteiger partial charge in [-0.15, -0.1) is 12.8 Å². The van der Waals surface area contributed by atoms with Gasteiger partial charge in [-0.1, -0.05) is 17.7 Å². The normalized spacial score (nSPS) is 5.63. The molecule has 0 heterocycles. The Morgan fingerprint density at radius 3 is 1.22 bits per heavy atom. The predicted molar refractivity (Wildman–Crippen MR) is 141 cm³/mol. The monoisotopic (exact) mass is 370 g/mol. The van der Waals surface area contributed by atoms with Crippen molar-refractivity contribution in [3.05, 3.63) is 29.3 Å². The summed E-state index contributed by atoms with van der Waals surface area (Å²) in [7, 11) is 0. The maximum Gasteiger partial charge on any atom is 0.118 e. The average Bonchev–Trinajstić information content (AvgIpc) is 2.66. The summed E-state index contributed by atoms with van der Waals surface area (Å²) in [6, 6.07) is 5.56. The first-order chi connectivity index (χ1) is 13.1. The average molecular weight is 371 g/mol. The third-order valence-corrected chi connectivity index (χ3v) is 2.31. The minimum atomic E-state index is 0. The zero-order valence-corrected chi connectivity index (χ0v) is 14.8. The van der Waals surface area contributed by atoms with E-state index in [0.717, 1.165) is 5.56 Å². The lowest BCUT2D eigenvalue weighted by Gasteiger charge is -1.97. The molecular formula is C26H42O. The van der Waals surface area contributed by atoms with E-state index in [1.54, 1.807) is 6.07 Å². The van der Waals surface area contributed by atoms with Gasteiger partial charge in [-0.25, -0.2) is 0 Å². The van der Waals surface area contributed by atoms with Crippen molar-refractivity contribution in [2.45, 2.75) is 13.8 Å². The van der Waals surface area contributed by atoms with Gasteiger partial charge < -0.3 is 5.11 Å². The number of benzene rings is 1. The van der Waals surface area contributed by atoms with Crippen molar-refractivity contribution in [3.8, 4) is 113 Å². The molecule has 1 heteroatoms. The molecule has 152 valence electrons. The highest BCUT2D eigenvalue weighted by Crippen LogP contribution is 2.15. The number of terminal acetylenes is 2. The van der Waals surface area contributed by atoms with E-state index in [4.69, 9.17) is 18.0 Å². The second-order valence-corrected chi connectivity index (χ2v) is 4.33. The third-order valence-electron chi connectivity index (χ3n) is 2.31. The molecule has 0 aliphatic heterocycles. The predicted octanol–water partition coefficient (Wildman–Crippen LogP) is 5.98. The smallest absolute Gasteiger partial charge is 0.118 e. The fourth-order valence-corrected chi connectivity index (χ4v) is 1.25. The van der Waals surface area contributed by atoms with Gasteiger partial charge >= 0.3 is 0 Å². The molecule has 1 nitrogen and oxygen atoms in total. The van der Waals surface area contributed by atoms with Gasteiger partial charge in [-0.2, -0.15) is 0 Å². The van der Waals surface area contributed by atoms with Crippen molar-refractivity contribution in [1.29, 1.82) is 0 Å². The lowest BCUT2D eigenvalue weighted by atomic mass is 10.1. The van der Waals surface area contributed by atoms with E-state index in [-0.39, 0.29) is 21.4 Å². The van der Waals surface area contributed by atoms with Crippen molar-refractivity contribution in [2.24, 2.45) is 0 Å². The molecule has 0 spiro atoms. The topological polar surface area (TPSA) is 20.2 Å². The zero-order chi connectivity index (χ0) is 20.2. The minimum Gasteiger partial charge on any atom is -0.508 e. The first kappa shape index (κ1) is 22.1. The van der Waals surface area contributed by atoms with Gasteiger partial charge in [0.05, 0.1) is 0 Å². The van der Waals surface area contributed by atoms with Gasteiger partial charge in [0, 0.05) is 21.4 Å².